The van der Waals surface area contributed by atoms with Crippen molar-refractivity contribution in [2.24, 2.45) is 4.99 Å². The maximum Gasteiger partial charge on any atom is 0.117 e. The molecule has 1 rings (SSSR count). The summed E-state index contributed by atoms with van der Waals surface area (Å²) in [6, 6.07) is 2.10. The summed E-state index contributed by atoms with van der Waals surface area (Å²) in [7, 11) is 0. The SMILES string of the molecule is N#CC1CN=CS1. The third-order valence-corrected chi connectivity index (χ3v) is 1.57. The largest absolute Gasteiger partial charge is 0.284 e. The van der Waals surface area contributed by atoms with Crippen LogP contribution in [0.5, 0.6) is 0 Å². The minimum atomic E-state index is 0.0972. The minimum absolute atomic E-state index is 0.0972. The Kier molecular flexibility index (Phi) is 1.32. The summed E-state index contributed by atoms with van der Waals surface area (Å²) in [4.78, 5) is 3.85. The molecule has 0 aromatic rings. The molecule has 0 saturated carbocycles. The molecule has 1 aliphatic rings. The van der Waals surface area contributed by atoms with E-state index in [0.717, 1.165) is 0 Å². The Morgan fingerprint density at radius 2 is 2.86 bits per heavy atom. The van der Waals surface area contributed by atoms with Crippen LogP contribution in [0.1, 0.15) is 0 Å². The number of hydrogen-bond acceptors (Lipinski definition) is 3. The van der Waals surface area contributed by atoms with Gasteiger partial charge in [0.25, 0.3) is 0 Å². The molecule has 2 nitrogen and oxygen atoms in total. The second-order valence-electron chi connectivity index (χ2n) is 1.22. The molecular weight excluding hydrogens is 108 g/mol. The van der Waals surface area contributed by atoms with E-state index in [1.807, 2.05) is 0 Å². The van der Waals surface area contributed by atoms with Crippen molar-refractivity contribution >= 4 is 17.3 Å². The van der Waals surface area contributed by atoms with Crippen LogP contribution in [0.2, 0.25) is 0 Å². The first-order chi connectivity index (χ1) is 3.43. The summed E-state index contributed by atoms with van der Waals surface area (Å²) in [6.07, 6.45) is 0. The molecule has 36 valence electrons. The van der Waals surface area contributed by atoms with Gasteiger partial charge in [-0.05, 0) is 0 Å². The smallest absolute Gasteiger partial charge is 0.117 e. The molecule has 0 amide bonds. The van der Waals surface area contributed by atoms with Gasteiger partial charge in [-0.3, -0.25) is 4.99 Å². The molecule has 1 unspecified atom stereocenters. The molecular formula is C4H4N2S. The maximum atomic E-state index is 8.22. The lowest BCUT2D eigenvalue weighted by atomic mass is 10.5. The molecule has 0 fully saturated rings. The molecule has 0 saturated heterocycles. The molecule has 1 heterocycles. The number of nitrogens with zero attached hydrogens (tertiary/aromatic N) is 2. The molecule has 0 aliphatic carbocycles. The summed E-state index contributed by atoms with van der Waals surface area (Å²) in [6.45, 7) is 0.682. The fourth-order valence-corrected chi connectivity index (χ4v) is 0.922. The van der Waals surface area contributed by atoms with Gasteiger partial charge in [0.1, 0.15) is 5.25 Å². The average molecular weight is 112 g/mol. The second kappa shape index (κ2) is 1.99. The van der Waals surface area contributed by atoms with Crippen molar-refractivity contribution in [2.45, 2.75) is 5.25 Å². The third kappa shape index (κ3) is 0.937. The topological polar surface area (TPSA) is 36.1 Å². The lowest BCUT2D eigenvalue weighted by Gasteiger charge is -1.86. The van der Waals surface area contributed by atoms with Crippen molar-refractivity contribution in [2.75, 3.05) is 6.54 Å². The molecule has 1 atom stereocenters. The summed E-state index contributed by atoms with van der Waals surface area (Å²) in [5, 5.41) is 8.31. The van der Waals surface area contributed by atoms with Gasteiger partial charge in [-0.15, -0.1) is 0 Å². The van der Waals surface area contributed by atoms with Crippen LogP contribution < -0.4 is 0 Å². The van der Waals surface area contributed by atoms with Gasteiger partial charge in [0.05, 0.1) is 18.2 Å². The molecule has 0 radical (unpaired) electrons. The molecule has 1 aliphatic heterocycles. The van der Waals surface area contributed by atoms with Gasteiger partial charge >= 0.3 is 0 Å². The number of rotatable bonds is 0. The zero-order valence-corrected chi connectivity index (χ0v) is 4.48. The van der Waals surface area contributed by atoms with Crippen molar-refractivity contribution in [3.05, 3.63) is 0 Å². The van der Waals surface area contributed by atoms with Gasteiger partial charge in [0.2, 0.25) is 0 Å². The Balaban J connectivity index is 2.39. The first-order valence-electron chi connectivity index (χ1n) is 1.97. The average Bonchev–Trinajstić information content (AvgIpc) is 2.14. The van der Waals surface area contributed by atoms with E-state index in [2.05, 4.69) is 11.1 Å². The third-order valence-electron chi connectivity index (χ3n) is 0.715. The number of nitriles is 1. The van der Waals surface area contributed by atoms with Crippen LogP contribution in [0.4, 0.5) is 0 Å². The van der Waals surface area contributed by atoms with Crippen LogP contribution in [0.25, 0.3) is 0 Å². The highest BCUT2D eigenvalue weighted by molar-refractivity contribution is 8.13. The highest BCUT2D eigenvalue weighted by Gasteiger charge is 2.08. The number of hydrogen-bond donors (Lipinski definition) is 0. The first kappa shape index (κ1) is 4.66. The molecule has 0 N–H and O–H groups in total. The predicted molar refractivity (Wildman–Crippen MR) is 30.4 cm³/mol. The van der Waals surface area contributed by atoms with Gasteiger partial charge in [-0.1, -0.05) is 11.8 Å². The molecule has 0 bridgehead atoms. The summed E-state index contributed by atoms with van der Waals surface area (Å²) in [5.74, 6) is 0. The van der Waals surface area contributed by atoms with Crippen LogP contribution in [-0.4, -0.2) is 17.3 Å². The van der Waals surface area contributed by atoms with Crippen LogP contribution in [0.3, 0.4) is 0 Å². The van der Waals surface area contributed by atoms with Crippen LogP contribution in [0, 0.1) is 11.3 Å². The maximum absolute atomic E-state index is 8.22. The van der Waals surface area contributed by atoms with Crippen molar-refractivity contribution in [1.82, 2.24) is 0 Å². The lowest BCUT2D eigenvalue weighted by Crippen LogP contribution is -1.95. The zero-order valence-electron chi connectivity index (χ0n) is 3.66. The predicted octanol–water partition coefficient (Wildman–Crippen LogP) is 0.654. The Morgan fingerprint density at radius 1 is 2.00 bits per heavy atom. The quantitative estimate of drug-likeness (QED) is 0.461. The van der Waals surface area contributed by atoms with Crippen molar-refractivity contribution in [3.8, 4) is 6.07 Å². The molecule has 3 heteroatoms. The highest BCUT2D eigenvalue weighted by Crippen LogP contribution is 2.12. The minimum Gasteiger partial charge on any atom is -0.284 e. The molecule has 0 aromatic heterocycles. The fourth-order valence-electron chi connectivity index (χ4n) is 0.370. The van der Waals surface area contributed by atoms with E-state index in [0.29, 0.717) is 6.54 Å². The van der Waals surface area contributed by atoms with Gasteiger partial charge < -0.3 is 0 Å². The normalized spacial score (nSPS) is 27.6. The Hall–Kier alpha value is -0.490. The first-order valence-corrected chi connectivity index (χ1v) is 2.91. The van der Waals surface area contributed by atoms with Gasteiger partial charge in [0.15, 0.2) is 0 Å². The fraction of sp³-hybridized carbons (Fsp3) is 0.500. The Morgan fingerprint density at radius 3 is 3.14 bits per heavy atom. The molecule has 7 heavy (non-hydrogen) atoms. The van der Waals surface area contributed by atoms with E-state index in [4.69, 9.17) is 5.26 Å². The molecule has 0 aromatic carbocycles. The number of aliphatic imine (C=N–C) groups is 1. The zero-order chi connectivity index (χ0) is 5.11. The summed E-state index contributed by atoms with van der Waals surface area (Å²) < 4.78 is 0. The lowest BCUT2D eigenvalue weighted by molar-refractivity contribution is 1.06. The van der Waals surface area contributed by atoms with Crippen molar-refractivity contribution in [1.29, 1.82) is 5.26 Å². The molecule has 0 spiro atoms. The summed E-state index contributed by atoms with van der Waals surface area (Å²) in [5.41, 5.74) is 1.73. The van der Waals surface area contributed by atoms with Gasteiger partial charge in [0, 0.05) is 0 Å². The number of thioether (sulfide) groups is 1. The summed E-state index contributed by atoms with van der Waals surface area (Å²) >= 11 is 1.49. The standard InChI is InChI=1S/C4H4N2S/c5-1-4-2-6-3-7-4/h3-4H,2H2. The van der Waals surface area contributed by atoms with E-state index in [1.54, 1.807) is 5.55 Å². The van der Waals surface area contributed by atoms with E-state index in [9.17, 15) is 0 Å². The van der Waals surface area contributed by atoms with E-state index in [1.165, 1.54) is 11.8 Å². The highest BCUT2D eigenvalue weighted by atomic mass is 32.2. The van der Waals surface area contributed by atoms with Gasteiger partial charge in [-0.25, -0.2) is 0 Å². The van der Waals surface area contributed by atoms with E-state index < -0.39 is 0 Å². The van der Waals surface area contributed by atoms with Crippen LogP contribution in [0.15, 0.2) is 4.99 Å². The second-order valence-corrected chi connectivity index (χ2v) is 2.28. The van der Waals surface area contributed by atoms with Crippen LogP contribution in [-0.2, 0) is 0 Å². The van der Waals surface area contributed by atoms with Gasteiger partial charge in [-0.2, -0.15) is 5.26 Å². The van der Waals surface area contributed by atoms with E-state index in [-0.39, 0.29) is 5.25 Å². The Bertz CT molecular complexity index is 116. The monoisotopic (exact) mass is 112 g/mol. The van der Waals surface area contributed by atoms with E-state index >= 15 is 0 Å². The Labute approximate surface area is 46.2 Å². The van der Waals surface area contributed by atoms with Crippen molar-refractivity contribution in [3.63, 3.8) is 0 Å². The van der Waals surface area contributed by atoms with Crippen LogP contribution >= 0.6 is 11.8 Å². The van der Waals surface area contributed by atoms with Crippen molar-refractivity contribution < 1.29 is 0 Å².